The van der Waals surface area contributed by atoms with Crippen LogP contribution in [-0.2, 0) is 0 Å². The van der Waals surface area contributed by atoms with Crippen LogP contribution in [0.15, 0.2) is 243 Å². The number of fused-ring (bicyclic) bond motifs is 12. The van der Waals surface area contributed by atoms with Gasteiger partial charge in [-0.1, -0.05) is 164 Å². The van der Waals surface area contributed by atoms with Crippen molar-refractivity contribution in [3.63, 3.8) is 0 Å². The summed E-state index contributed by atoms with van der Waals surface area (Å²) in [5.41, 5.74) is 18.3. The lowest BCUT2D eigenvalue weighted by Crippen LogP contribution is -2.09. The Balaban J connectivity index is 0.939. The number of nitrogens with zero attached hydrogens (tertiary/aromatic N) is 5. The second-order valence-corrected chi connectivity index (χ2v) is 18.5. The minimum atomic E-state index is -0.0751. The minimum absolute atomic E-state index is 0.0751. The molecule has 0 N–H and O–H groups in total. The maximum absolute atomic E-state index is 5.67. The van der Waals surface area contributed by atoms with Crippen molar-refractivity contribution in [2.75, 3.05) is 0 Å². The summed E-state index contributed by atoms with van der Waals surface area (Å²) < 4.78 is 7.11. The maximum Gasteiger partial charge on any atom is 0.163 e. The molecule has 15 rings (SSSR count). The summed E-state index contributed by atoms with van der Waals surface area (Å²) in [6.07, 6.45) is 0. The van der Waals surface area contributed by atoms with Crippen molar-refractivity contribution in [1.82, 2.24) is 23.7 Å². The summed E-state index contributed by atoms with van der Waals surface area (Å²) in [5, 5.41) is 7.25. The first-order valence-corrected chi connectivity index (χ1v) is 24.0. The Bertz CT molecular complexity index is 4340. The van der Waals surface area contributed by atoms with Gasteiger partial charge in [0.15, 0.2) is 5.82 Å². The highest BCUT2D eigenvalue weighted by molar-refractivity contribution is 6.13. The standard InChI is InChI=1S/C65H41N5/c1-2-18-43(19-3-1)68-56-29-13-10-24-48(56)53-38-41(34-36-61(53)68)42-35-37-62-54(39-42)49-25-11-14-30-57(49)69(62)60-33-17-12-28-52(60)65-66-55(64-50-26-6-4-20-44(50)45-21-5-7-27-51(45)64)40-63(67-65)70-58-31-15-8-22-46(58)47-23-9-16-32-59(47)70/h1-40,64H. The van der Waals surface area contributed by atoms with E-state index in [9.17, 15) is 0 Å². The molecule has 0 aliphatic heterocycles. The van der Waals surface area contributed by atoms with Crippen LogP contribution in [-0.4, -0.2) is 23.7 Å². The molecule has 0 saturated heterocycles. The first kappa shape index (κ1) is 38.8. The van der Waals surface area contributed by atoms with Crippen LogP contribution >= 0.6 is 0 Å². The Morgan fingerprint density at radius 1 is 0.300 bits per heavy atom. The molecule has 0 bridgehead atoms. The van der Waals surface area contributed by atoms with Crippen molar-refractivity contribution in [3.05, 3.63) is 259 Å². The maximum atomic E-state index is 5.67. The fourth-order valence-electron chi connectivity index (χ4n) is 11.8. The quantitative estimate of drug-likeness (QED) is 0.167. The van der Waals surface area contributed by atoms with Gasteiger partial charge in [-0.15, -0.1) is 0 Å². The van der Waals surface area contributed by atoms with Gasteiger partial charge in [0.25, 0.3) is 0 Å². The zero-order valence-electron chi connectivity index (χ0n) is 37.9. The lowest BCUT2D eigenvalue weighted by Gasteiger charge is -2.19. The molecule has 70 heavy (non-hydrogen) atoms. The Hall–Kier alpha value is -9.32. The fraction of sp³-hybridized carbons (Fsp3) is 0.0154. The topological polar surface area (TPSA) is 40.6 Å². The van der Waals surface area contributed by atoms with Gasteiger partial charge < -0.3 is 9.13 Å². The minimum Gasteiger partial charge on any atom is -0.309 e. The van der Waals surface area contributed by atoms with Crippen molar-refractivity contribution < 1.29 is 0 Å². The number of hydrogen-bond donors (Lipinski definition) is 0. The second-order valence-electron chi connectivity index (χ2n) is 18.5. The van der Waals surface area contributed by atoms with Crippen molar-refractivity contribution in [2.45, 2.75) is 5.92 Å². The van der Waals surface area contributed by atoms with Crippen molar-refractivity contribution >= 4 is 65.4 Å². The molecule has 0 saturated carbocycles. The zero-order chi connectivity index (χ0) is 45.9. The molecular formula is C65H41N5. The third-order valence-electron chi connectivity index (χ3n) is 14.7. The number of hydrogen-bond acceptors (Lipinski definition) is 2. The lowest BCUT2D eigenvalue weighted by molar-refractivity contribution is 0.912. The molecule has 0 radical (unpaired) electrons. The van der Waals surface area contributed by atoms with E-state index in [2.05, 4.69) is 256 Å². The molecule has 0 atom stereocenters. The average molecular weight is 892 g/mol. The van der Waals surface area contributed by atoms with Crippen LogP contribution in [0.2, 0.25) is 0 Å². The Morgan fingerprint density at radius 3 is 1.31 bits per heavy atom. The van der Waals surface area contributed by atoms with E-state index in [0.717, 1.165) is 50.5 Å². The third-order valence-corrected chi connectivity index (χ3v) is 14.7. The van der Waals surface area contributed by atoms with Gasteiger partial charge in [-0.2, -0.15) is 0 Å². The molecule has 0 spiro atoms. The zero-order valence-corrected chi connectivity index (χ0v) is 37.9. The van der Waals surface area contributed by atoms with Gasteiger partial charge in [-0.05, 0) is 106 Å². The molecule has 5 heteroatoms. The van der Waals surface area contributed by atoms with Crippen molar-refractivity contribution in [2.24, 2.45) is 0 Å². The monoisotopic (exact) mass is 891 g/mol. The summed E-state index contributed by atoms with van der Waals surface area (Å²) in [7, 11) is 0. The number of para-hydroxylation sites is 6. The molecule has 0 unspecified atom stereocenters. The van der Waals surface area contributed by atoms with E-state index in [4.69, 9.17) is 9.97 Å². The SMILES string of the molecule is c1ccc(-n2c3ccccc3c3cc(-c4ccc5c(c4)c4ccccc4n5-c4ccccc4-c4nc(C5c6ccccc6-c6ccccc65)cc(-n5c6ccccc6c6ccccc65)n4)ccc32)cc1. The predicted octanol–water partition coefficient (Wildman–Crippen LogP) is 16.3. The summed E-state index contributed by atoms with van der Waals surface area (Å²) in [5.74, 6) is 1.44. The van der Waals surface area contributed by atoms with Gasteiger partial charge in [-0.3, -0.25) is 4.57 Å². The Labute approximate surface area is 403 Å². The highest BCUT2D eigenvalue weighted by Crippen LogP contribution is 2.48. The van der Waals surface area contributed by atoms with Crippen LogP contribution in [0.5, 0.6) is 0 Å². The van der Waals surface area contributed by atoms with E-state index in [1.54, 1.807) is 0 Å². The second kappa shape index (κ2) is 15.1. The summed E-state index contributed by atoms with van der Waals surface area (Å²) >= 11 is 0. The molecule has 14 aromatic rings. The van der Waals surface area contributed by atoms with Gasteiger partial charge in [0.1, 0.15) is 5.82 Å². The molecule has 5 nitrogen and oxygen atoms in total. The number of aromatic nitrogens is 5. The first-order chi connectivity index (χ1) is 34.7. The first-order valence-electron chi connectivity index (χ1n) is 24.0. The molecule has 326 valence electrons. The van der Waals surface area contributed by atoms with Crippen LogP contribution in [0.4, 0.5) is 0 Å². The average Bonchev–Trinajstić information content (AvgIpc) is 4.16. The molecule has 4 aromatic heterocycles. The van der Waals surface area contributed by atoms with Gasteiger partial charge in [0, 0.05) is 49.6 Å². The van der Waals surface area contributed by atoms with Crippen LogP contribution in [0.25, 0.3) is 116 Å². The van der Waals surface area contributed by atoms with Crippen LogP contribution in [0.3, 0.4) is 0 Å². The van der Waals surface area contributed by atoms with Gasteiger partial charge in [0.05, 0.1) is 50.4 Å². The molecular weight excluding hydrogens is 851 g/mol. The smallest absolute Gasteiger partial charge is 0.163 e. The van der Waals surface area contributed by atoms with Crippen LogP contribution in [0.1, 0.15) is 22.7 Å². The molecule has 4 heterocycles. The van der Waals surface area contributed by atoms with E-state index in [-0.39, 0.29) is 5.92 Å². The number of rotatable bonds is 6. The molecule has 10 aromatic carbocycles. The van der Waals surface area contributed by atoms with Gasteiger partial charge in [0.2, 0.25) is 0 Å². The van der Waals surface area contributed by atoms with E-state index in [0.29, 0.717) is 5.82 Å². The fourth-order valence-corrected chi connectivity index (χ4v) is 11.8. The molecule has 0 fully saturated rings. The van der Waals surface area contributed by atoms with Crippen LogP contribution in [0, 0.1) is 0 Å². The Morgan fingerprint density at radius 2 is 0.729 bits per heavy atom. The third kappa shape index (κ3) is 5.66. The van der Waals surface area contributed by atoms with E-state index in [1.165, 1.54) is 76.7 Å². The van der Waals surface area contributed by atoms with E-state index in [1.807, 2.05) is 0 Å². The molecule has 0 amide bonds. The number of benzene rings is 10. The normalized spacial score (nSPS) is 12.5. The summed E-state index contributed by atoms with van der Waals surface area (Å²) in [4.78, 5) is 11.3. The van der Waals surface area contributed by atoms with Crippen molar-refractivity contribution in [1.29, 1.82) is 0 Å². The highest BCUT2D eigenvalue weighted by Gasteiger charge is 2.32. The van der Waals surface area contributed by atoms with Gasteiger partial charge in [-0.25, -0.2) is 9.97 Å². The predicted molar refractivity (Wildman–Crippen MR) is 289 cm³/mol. The summed E-state index contributed by atoms with van der Waals surface area (Å²) in [6.45, 7) is 0. The van der Waals surface area contributed by atoms with Crippen LogP contribution < -0.4 is 0 Å². The largest absolute Gasteiger partial charge is 0.309 e. The highest BCUT2D eigenvalue weighted by atomic mass is 15.1. The van der Waals surface area contributed by atoms with E-state index >= 15 is 0 Å². The molecule has 1 aliphatic carbocycles. The van der Waals surface area contributed by atoms with E-state index < -0.39 is 0 Å². The summed E-state index contributed by atoms with van der Waals surface area (Å²) in [6, 6.07) is 87.9. The molecule has 1 aliphatic rings. The Kier molecular flexibility index (Phi) is 8.36. The lowest BCUT2D eigenvalue weighted by atomic mass is 9.93. The van der Waals surface area contributed by atoms with Gasteiger partial charge >= 0.3 is 0 Å². The van der Waals surface area contributed by atoms with Crippen molar-refractivity contribution in [3.8, 4) is 50.8 Å².